The molecule has 10 atom stereocenters. The fraction of sp³-hybridized carbons (Fsp3) is 0.949. The van der Waals surface area contributed by atoms with Crippen molar-refractivity contribution in [2.24, 2.45) is 59.2 Å². The zero-order valence-corrected chi connectivity index (χ0v) is 346. The van der Waals surface area contributed by atoms with Gasteiger partial charge in [-0.1, -0.05) is 180 Å². The van der Waals surface area contributed by atoms with E-state index in [1.54, 1.807) is 0 Å². The maximum Gasteiger partial charge on any atom is 0 e. The first-order valence-corrected chi connectivity index (χ1v) is 15.7. The van der Waals surface area contributed by atoms with Crippen molar-refractivity contribution in [1.29, 1.82) is 0 Å². The number of rotatable bonds is 2. The Morgan fingerprint density at radius 2 is 0.220 bits per heavy atom. The van der Waals surface area contributed by atoms with Crippen molar-refractivity contribution in [2.45, 2.75) is 188 Å². The molecular formula is C39H96Y93-2. The van der Waals surface area contributed by atoms with Crippen molar-refractivity contribution in [2.75, 3.05) is 0 Å². The molecule has 0 heterocycles. The van der Waals surface area contributed by atoms with Crippen molar-refractivity contribution < 1.29 is 3040 Å². The monoisotopic (exact) mass is 8830 g/mol. The van der Waals surface area contributed by atoms with Crippen LogP contribution in [0.4, 0.5) is 0 Å². The Morgan fingerprint density at radius 3 is 0.288 bits per heavy atom. The molecule has 0 saturated heterocycles. The predicted octanol–water partition coefficient (Wildman–Crippen LogP) is 15.6. The van der Waals surface area contributed by atoms with E-state index in [1.807, 2.05) is 69.2 Å². The van der Waals surface area contributed by atoms with E-state index in [0.717, 1.165) is 53.3 Å². The fourth-order valence-electron chi connectivity index (χ4n) is 5.32. The van der Waals surface area contributed by atoms with Gasteiger partial charge in [-0.05, 0) is 48.3 Å². The summed E-state index contributed by atoms with van der Waals surface area (Å²) in [4.78, 5) is 0. The van der Waals surface area contributed by atoms with Crippen LogP contribution in [0.25, 0.3) is 0 Å². The molecule has 533 valence electrons. The average Bonchev–Trinajstić information content (AvgIpc) is 2.88. The largest absolute Gasteiger partial charge is 0.340 e. The second-order valence-electron chi connectivity index (χ2n) is 9.86. The van der Waals surface area contributed by atoms with Crippen LogP contribution in [-0.4, -0.2) is 0 Å². The van der Waals surface area contributed by atoms with E-state index in [2.05, 4.69) is 75.7 Å². The van der Waals surface area contributed by atoms with Crippen LogP contribution in [0.2, 0.25) is 0 Å². The van der Waals surface area contributed by atoms with Gasteiger partial charge in [0.15, 0.2) is 0 Å². The van der Waals surface area contributed by atoms with Crippen molar-refractivity contribution in [3.05, 3.63) is 13.3 Å². The molecule has 0 aromatic rings. The van der Waals surface area contributed by atoms with Crippen LogP contribution in [0.15, 0.2) is 0 Å². The third-order valence-corrected chi connectivity index (χ3v) is 8.04. The predicted molar refractivity (Wildman–Crippen MR) is 200 cm³/mol. The summed E-state index contributed by atoms with van der Waals surface area (Å²) in [5.74, 6) is 8.52. The zero-order valence-electron chi connectivity index (χ0n) is 81.9. The van der Waals surface area contributed by atoms with Crippen LogP contribution in [0.3, 0.4) is 0 Å². The molecule has 0 bridgehead atoms. The third-order valence-electron chi connectivity index (χ3n) is 8.04. The van der Waals surface area contributed by atoms with Gasteiger partial charge in [0.1, 0.15) is 0 Å². The maximum absolute atomic E-state index is 4.39. The molecule has 1 unspecified atom stereocenters. The molecule has 0 aliphatic heterocycles. The number of hydrogen-bond acceptors (Lipinski definition) is 0. The van der Waals surface area contributed by atoms with Gasteiger partial charge in [-0.3, -0.25) is 0 Å². The summed E-state index contributed by atoms with van der Waals surface area (Å²) in [5, 5.41) is 0. The van der Waals surface area contributed by atoms with Crippen molar-refractivity contribution in [3.63, 3.8) is 0 Å². The van der Waals surface area contributed by atoms with Gasteiger partial charge in [0.25, 0.3) is 0 Å². The van der Waals surface area contributed by atoms with E-state index in [4.69, 9.17) is 0 Å². The van der Waals surface area contributed by atoms with Crippen molar-refractivity contribution in [1.82, 2.24) is 0 Å². The van der Waals surface area contributed by atoms with Gasteiger partial charge in [-0.2, -0.15) is 18.8 Å². The topological polar surface area (TPSA) is 0 Å². The molecule has 2 aliphatic carbocycles. The second kappa shape index (κ2) is 677. The van der Waals surface area contributed by atoms with Crippen LogP contribution >= 0.6 is 0 Å². The van der Waals surface area contributed by atoms with Crippen LogP contribution in [0.1, 0.15) is 188 Å². The zero-order chi connectivity index (χ0) is 28.6. The van der Waals surface area contributed by atoms with E-state index in [1.165, 1.54) is 19.3 Å². The SMILES string of the molecule is C.C.C.C.C.CC.CC.CC.CC.CC.C[C@@H]1C[C@H](C)[C@H](C)C[C@@H]1C.[CH2-][C@@H]1C([C@@H](C)[CH-]C)[C@H](C)[C@H](C)C[C@@H]1C.[Y].[Y].[Y].[Y].[Y].[Y].[Y].[Y].[Y].[Y].[Y].[Y].[Y].[Y].[Y].[Y].[Y].[Y].[Y].[Y].[Y].[Y].[Y].[Y].[Y].[Y].[Y].[Y].[Y].[Y].[Y].[Y].[Y].[Y].[Y].[Y].[Y].[Y].[Y].[Y].[Y].[Y].[Y].[Y].[Y].[Y].[Y].[Y].[Y].[Y].[Y].[Y].[Y].[Y].[Y].[Y].[Y].[Y].[Y].[Y].[Y].[Y].[Y].[Y].[Y].[Y].[Y].[Y].[Y].[Y].[Y].[Y].[Y].[Y].[Y].[Y].[Y].[Y].[Y].[Y].[Y].[Y].[Y].[Y].[Y].[Y].[Y].[Y].[Y].[Y].[Y].[Y].[Y]. The van der Waals surface area contributed by atoms with E-state index < -0.39 is 0 Å². The number of hydrogen-bond donors (Lipinski definition) is 0. The van der Waals surface area contributed by atoms with Gasteiger partial charge in [-0.25, -0.2) is 0 Å². The minimum atomic E-state index is 0. The summed E-state index contributed by atoms with van der Waals surface area (Å²) in [6.07, 6.45) is 6.61. The smallest absolute Gasteiger partial charge is 0 e. The normalized spacial score (nSPS) is 8.86. The van der Waals surface area contributed by atoms with Crippen LogP contribution in [-0.2, 0) is 3040 Å². The molecule has 2 aliphatic rings. The summed E-state index contributed by atoms with van der Waals surface area (Å²) in [7, 11) is 0. The molecule has 2 rings (SSSR count). The fourth-order valence-corrected chi connectivity index (χ4v) is 5.32. The summed E-state index contributed by atoms with van der Waals surface area (Å²) in [6, 6.07) is 0. The Hall–Kier alpha value is 103. The first-order chi connectivity index (χ1) is 16.1. The van der Waals surface area contributed by atoms with E-state index >= 15 is 0 Å². The van der Waals surface area contributed by atoms with Gasteiger partial charge >= 0.3 is 0 Å². The first-order valence-electron chi connectivity index (χ1n) is 15.7. The molecule has 2 fully saturated rings. The van der Waals surface area contributed by atoms with E-state index in [0.29, 0.717) is 5.92 Å². The minimum absolute atomic E-state index is 0. The van der Waals surface area contributed by atoms with Gasteiger partial charge in [0.05, 0.1) is 0 Å². The Bertz CT molecular complexity index is 422. The van der Waals surface area contributed by atoms with Gasteiger partial charge < -0.3 is 13.3 Å². The van der Waals surface area contributed by atoms with Gasteiger partial charge in [0, 0.05) is 3040 Å². The third kappa shape index (κ3) is 597. The standard InChI is InChI=1S/C14H26.C10H20.5C2H6.5CH4.93Y/c1-7-9(2)14-12(5)10(3)8-11(4)13(14)6;1-7-5-9(3)10(4)6-8(7)2;5*1-2;;;;;;;;;;;;;;;;;;;;;;;;;;;;;;;;;;;;;;;;;;;;;;;;;;;;;;;;;;;;;;;;;;;;;;;;;;;;;;;;;;;;;;;;;;;;;;;;;;/h7,9-14H,5,8H2,1-4,6H3;7-10H,5-6H2,1-4H3;5*1-2H3;5*1H4;;;;;;;;;;;;;;;;;;;;;;;;;;;;;;;;;;;;;;;;;;;;;;;;;;;;;;;;;;;;;;;;;;;;;;;;;;;;;;;;;;;;;;;;;;;;;/q-2;;;;;;;;;;;;;;;;;;;;;;;;;;;;;;;;;;;;;;;;;;;;;;;;;;;;;;;;;;;;;;;;;;;;;;;;;;;;;;;;;;;;;;;;;;;;;;;;;;;;;;;;/t9-,10-,11+,12-,13+,14?;7-,8+,9+,10-;;;;;;;;;;;;;;;;;;;;;;;;;;;;;;;;;;;;;;;;;;;;;;;;;;;;;;;;;;;;;;;;;;;;;;;;;;;;;;;;;;;;;;;;;;;;;;;;;;;;;;;/m0......................................................................................................../s1. The quantitative estimate of drug-likeness (QED) is 0.242. The summed E-state index contributed by atoms with van der Waals surface area (Å²) in [5.41, 5.74) is 0. The summed E-state index contributed by atoms with van der Waals surface area (Å²) >= 11 is 0. The van der Waals surface area contributed by atoms with E-state index in [9.17, 15) is 0 Å². The molecule has 2 saturated carbocycles. The summed E-state index contributed by atoms with van der Waals surface area (Å²) in [6.45, 7) is 45.7. The van der Waals surface area contributed by atoms with Crippen LogP contribution in [0, 0.1) is 72.5 Å². The van der Waals surface area contributed by atoms with Crippen LogP contribution in [0.5, 0.6) is 0 Å². The molecule has 0 aromatic carbocycles. The first kappa shape index (κ1) is 739. The Labute approximate surface area is 3180 Å². The molecule has 0 aromatic heterocycles. The van der Waals surface area contributed by atoms with Gasteiger partial charge in [-0.15, -0.1) is 0 Å². The van der Waals surface area contributed by atoms with E-state index in [-0.39, 0.29) is 3080 Å². The maximum atomic E-state index is 4.39. The Balaban J connectivity index is -0.000000000686. The molecule has 0 N–H and O–H groups in total. The molecule has 0 amide bonds. The molecule has 93 radical (unpaired) electrons. The molecule has 93 heteroatoms. The molecule has 132 heavy (non-hydrogen) atoms. The molecule has 0 nitrogen and oxygen atoms in total. The minimum Gasteiger partial charge on any atom is -0.340 e. The summed E-state index contributed by atoms with van der Waals surface area (Å²) < 4.78 is 0. The van der Waals surface area contributed by atoms with Crippen molar-refractivity contribution >= 4 is 0 Å². The molecule has 0 spiro atoms. The molecular weight excluding hydrogens is 8740 g/mol. The average molecular weight is 8830 g/mol. The van der Waals surface area contributed by atoms with Gasteiger partial charge in [0.2, 0.25) is 0 Å². The van der Waals surface area contributed by atoms with Crippen molar-refractivity contribution in [3.8, 4) is 0 Å². The Morgan fingerprint density at radius 1 is 0.152 bits per heavy atom. The van der Waals surface area contributed by atoms with Crippen LogP contribution < -0.4 is 0 Å². The second-order valence-corrected chi connectivity index (χ2v) is 9.86. The Kier molecular flexibility index (Phi) is 3790.